The molecule has 0 aromatic rings. The van der Waals surface area contributed by atoms with Gasteiger partial charge in [-0.3, -0.25) is 18.6 Å². The summed E-state index contributed by atoms with van der Waals surface area (Å²) in [6, 6.07) is 0. The number of hydrogen-bond donors (Lipinski definition) is 3. The molecular formula is C48H89O10P. The third kappa shape index (κ3) is 42.7. The minimum atomic E-state index is -4.64. The normalized spacial score (nSPS) is 14.1. The van der Waals surface area contributed by atoms with Crippen LogP contribution < -0.4 is 0 Å². The maximum atomic E-state index is 12.4. The van der Waals surface area contributed by atoms with Gasteiger partial charge in [0.1, 0.15) is 12.2 Å². The van der Waals surface area contributed by atoms with E-state index in [1.54, 1.807) is 0 Å². The van der Waals surface area contributed by atoms with Gasteiger partial charge in [0.25, 0.3) is 0 Å². The summed E-state index contributed by atoms with van der Waals surface area (Å²) >= 11 is 0. The number of phosphoric acid groups is 1. The van der Waals surface area contributed by atoms with Crippen LogP contribution in [-0.4, -0.2) is 65.7 Å². The van der Waals surface area contributed by atoms with Crippen LogP contribution in [0.5, 0.6) is 0 Å². The molecule has 0 aromatic heterocycles. The molecule has 3 unspecified atom stereocenters. The van der Waals surface area contributed by atoms with Crippen LogP contribution >= 0.6 is 7.82 Å². The summed E-state index contributed by atoms with van der Waals surface area (Å²) in [4.78, 5) is 34.6. The average molecular weight is 857 g/mol. The van der Waals surface area contributed by atoms with Gasteiger partial charge in [0, 0.05) is 12.8 Å². The minimum absolute atomic E-state index is 0.183. The number of aliphatic hydroxyl groups excluding tert-OH is 2. The van der Waals surface area contributed by atoms with Crippen molar-refractivity contribution in [2.24, 2.45) is 0 Å². The fourth-order valence-electron chi connectivity index (χ4n) is 6.61. The standard InChI is InChI=1S/C48H89O10P/c1-3-5-7-9-11-13-15-17-18-19-20-21-22-23-24-25-26-28-30-32-34-36-38-40-48(52)58-46(42-50)44-56-59(53,54)55-43-45(41-49)57-47(51)39-37-35-33-31-29-27-16-14-12-10-8-6-4-2/h14-17,19-20,45-46,49-50H,3-13,18,21-44H2,1-2H3,(H,53,54)/b16-14-,17-15-,20-19-. The minimum Gasteiger partial charge on any atom is -0.457 e. The fraction of sp³-hybridized carbons (Fsp3) is 0.833. The Labute approximate surface area is 361 Å². The first kappa shape index (κ1) is 57.2. The van der Waals surface area contributed by atoms with E-state index in [1.807, 2.05) is 0 Å². The van der Waals surface area contributed by atoms with Crippen molar-refractivity contribution >= 4 is 19.8 Å². The summed E-state index contributed by atoms with van der Waals surface area (Å²) in [5, 5.41) is 19.2. The van der Waals surface area contributed by atoms with Gasteiger partial charge >= 0.3 is 19.8 Å². The number of hydrogen-bond acceptors (Lipinski definition) is 9. The van der Waals surface area contributed by atoms with Crippen molar-refractivity contribution in [3.05, 3.63) is 36.5 Å². The maximum absolute atomic E-state index is 12.4. The van der Waals surface area contributed by atoms with Gasteiger partial charge in [-0.1, -0.05) is 172 Å². The Balaban J connectivity index is 3.85. The van der Waals surface area contributed by atoms with Crippen LogP contribution in [0.25, 0.3) is 0 Å². The maximum Gasteiger partial charge on any atom is 0.472 e. The van der Waals surface area contributed by atoms with Crippen LogP contribution in [0, 0.1) is 0 Å². The zero-order chi connectivity index (χ0) is 43.3. The van der Waals surface area contributed by atoms with Gasteiger partial charge in [-0.2, -0.15) is 0 Å². The Bertz CT molecular complexity index is 1080. The van der Waals surface area contributed by atoms with E-state index >= 15 is 0 Å². The van der Waals surface area contributed by atoms with E-state index in [-0.39, 0.29) is 12.8 Å². The fourth-order valence-corrected chi connectivity index (χ4v) is 7.39. The lowest BCUT2D eigenvalue weighted by Crippen LogP contribution is -2.28. The van der Waals surface area contributed by atoms with Crippen LogP contribution in [0.15, 0.2) is 36.5 Å². The zero-order valence-electron chi connectivity index (χ0n) is 37.7. The molecule has 0 aliphatic rings. The lowest BCUT2D eigenvalue weighted by Gasteiger charge is -2.20. The molecule has 10 nitrogen and oxygen atoms in total. The third-order valence-corrected chi connectivity index (χ3v) is 11.3. The number of unbranched alkanes of at least 4 members (excludes halogenated alkanes) is 25. The Morgan fingerprint density at radius 3 is 1.08 bits per heavy atom. The van der Waals surface area contributed by atoms with Gasteiger partial charge in [-0.15, -0.1) is 0 Å². The summed E-state index contributed by atoms with van der Waals surface area (Å²) in [5.41, 5.74) is 0. The monoisotopic (exact) mass is 857 g/mol. The molecule has 0 amide bonds. The van der Waals surface area contributed by atoms with E-state index in [2.05, 4.69) is 50.3 Å². The van der Waals surface area contributed by atoms with Crippen molar-refractivity contribution in [3.8, 4) is 0 Å². The Hall–Kier alpha value is -1.81. The number of phosphoric ester groups is 1. The first-order chi connectivity index (χ1) is 28.8. The molecule has 0 aliphatic heterocycles. The van der Waals surface area contributed by atoms with Crippen molar-refractivity contribution in [3.63, 3.8) is 0 Å². The SMILES string of the molecule is CCCCCC/C=C\CCCCCCCC(=O)OC(CO)COP(=O)(O)OCC(CO)OC(=O)CCCCCCCCCCCCC/C=C\C/C=C\CCCCCCC. The van der Waals surface area contributed by atoms with E-state index in [0.717, 1.165) is 64.2 Å². The van der Waals surface area contributed by atoms with E-state index in [1.165, 1.54) is 116 Å². The summed E-state index contributed by atoms with van der Waals surface area (Å²) in [7, 11) is -4.64. The van der Waals surface area contributed by atoms with Crippen LogP contribution in [0.2, 0.25) is 0 Å². The highest BCUT2D eigenvalue weighted by atomic mass is 31.2. The van der Waals surface area contributed by atoms with E-state index < -0.39 is 58.4 Å². The van der Waals surface area contributed by atoms with Crippen molar-refractivity contribution in [1.29, 1.82) is 0 Å². The number of carbonyl (C=O) groups is 2. The van der Waals surface area contributed by atoms with E-state index in [0.29, 0.717) is 12.8 Å². The van der Waals surface area contributed by atoms with Crippen LogP contribution in [0.3, 0.4) is 0 Å². The highest BCUT2D eigenvalue weighted by Gasteiger charge is 2.27. The molecule has 0 bridgehead atoms. The van der Waals surface area contributed by atoms with Crippen LogP contribution in [0.1, 0.15) is 219 Å². The molecule has 3 atom stereocenters. The van der Waals surface area contributed by atoms with Gasteiger partial charge < -0.3 is 24.6 Å². The van der Waals surface area contributed by atoms with Crippen molar-refractivity contribution in [1.82, 2.24) is 0 Å². The first-order valence-corrected chi connectivity index (χ1v) is 25.4. The zero-order valence-corrected chi connectivity index (χ0v) is 38.6. The van der Waals surface area contributed by atoms with Gasteiger partial charge in [-0.25, -0.2) is 4.57 Å². The number of esters is 2. The summed E-state index contributed by atoms with van der Waals surface area (Å²) < 4.78 is 32.6. The van der Waals surface area contributed by atoms with Crippen LogP contribution in [0.4, 0.5) is 0 Å². The summed E-state index contributed by atoms with van der Waals surface area (Å²) in [6.07, 6.45) is 46.9. The molecule has 11 heteroatoms. The van der Waals surface area contributed by atoms with Gasteiger partial charge in [-0.05, 0) is 70.6 Å². The molecule has 59 heavy (non-hydrogen) atoms. The number of rotatable bonds is 45. The predicted octanol–water partition coefficient (Wildman–Crippen LogP) is 13.1. The Kier molecular flexibility index (Phi) is 42.9. The molecular weight excluding hydrogens is 767 g/mol. The van der Waals surface area contributed by atoms with Crippen molar-refractivity contribution in [2.75, 3.05) is 26.4 Å². The quantitative estimate of drug-likeness (QED) is 0.0234. The highest BCUT2D eigenvalue weighted by Crippen LogP contribution is 2.43. The summed E-state index contributed by atoms with van der Waals surface area (Å²) in [6.45, 7) is 2.19. The molecule has 0 saturated carbocycles. The smallest absolute Gasteiger partial charge is 0.457 e. The van der Waals surface area contributed by atoms with Gasteiger partial charge in [0.15, 0.2) is 0 Å². The molecule has 0 fully saturated rings. The molecule has 3 N–H and O–H groups in total. The molecule has 0 aromatic carbocycles. The van der Waals surface area contributed by atoms with Crippen LogP contribution in [-0.2, 0) is 32.7 Å². The second kappa shape index (κ2) is 44.3. The average Bonchev–Trinajstić information content (AvgIpc) is 3.22. The highest BCUT2D eigenvalue weighted by molar-refractivity contribution is 7.47. The Morgan fingerprint density at radius 2 is 0.746 bits per heavy atom. The number of allylic oxidation sites excluding steroid dienone is 6. The summed E-state index contributed by atoms with van der Waals surface area (Å²) in [5.74, 6) is -1.03. The van der Waals surface area contributed by atoms with E-state index in [9.17, 15) is 29.3 Å². The lowest BCUT2D eigenvalue weighted by molar-refractivity contribution is -0.153. The predicted molar refractivity (Wildman–Crippen MR) is 242 cm³/mol. The molecule has 0 aliphatic carbocycles. The molecule has 0 heterocycles. The topological polar surface area (TPSA) is 149 Å². The molecule has 0 radical (unpaired) electrons. The van der Waals surface area contributed by atoms with Gasteiger partial charge in [0.05, 0.1) is 26.4 Å². The number of aliphatic hydroxyl groups is 2. The molecule has 346 valence electrons. The molecule has 0 spiro atoms. The molecule has 0 saturated heterocycles. The number of ether oxygens (including phenoxy) is 2. The van der Waals surface area contributed by atoms with Crippen molar-refractivity contribution in [2.45, 2.75) is 232 Å². The van der Waals surface area contributed by atoms with Crippen molar-refractivity contribution < 1.29 is 47.8 Å². The first-order valence-electron chi connectivity index (χ1n) is 23.9. The van der Waals surface area contributed by atoms with Gasteiger partial charge in [0.2, 0.25) is 0 Å². The second-order valence-corrected chi connectivity index (χ2v) is 17.5. The largest absolute Gasteiger partial charge is 0.472 e. The molecule has 0 rings (SSSR count). The second-order valence-electron chi connectivity index (χ2n) is 16.1. The third-order valence-electron chi connectivity index (χ3n) is 10.3. The van der Waals surface area contributed by atoms with E-state index in [4.69, 9.17) is 18.5 Å². The number of carbonyl (C=O) groups excluding carboxylic acids is 2. The Morgan fingerprint density at radius 1 is 0.458 bits per heavy atom. The lowest BCUT2D eigenvalue weighted by atomic mass is 10.0.